The number of nitrogens with zero attached hydrogens (tertiary/aromatic N) is 2. The maximum absolute atomic E-state index is 12.5. The highest BCUT2D eigenvalue weighted by molar-refractivity contribution is 5.78. The Labute approximate surface area is 149 Å². The molecule has 1 aromatic carbocycles. The zero-order chi connectivity index (χ0) is 18.0. The van der Waals surface area contributed by atoms with Gasteiger partial charge in [-0.15, -0.1) is 0 Å². The van der Waals surface area contributed by atoms with Crippen molar-refractivity contribution in [1.29, 1.82) is 0 Å². The van der Waals surface area contributed by atoms with Gasteiger partial charge in [0.1, 0.15) is 5.76 Å². The Kier molecular flexibility index (Phi) is 5.23. The fraction of sp³-hybridized carbons (Fsp3) is 0.500. The summed E-state index contributed by atoms with van der Waals surface area (Å²) in [5, 5.41) is 0. The summed E-state index contributed by atoms with van der Waals surface area (Å²) in [5.74, 6) is 1.85. The van der Waals surface area contributed by atoms with Gasteiger partial charge >= 0.3 is 0 Å². The average Bonchev–Trinajstić information content (AvgIpc) is 2.95. The van der Waals surface area contributed by atoms with Crippen LogP contribution in [0.5, 0.6) is 0 Å². The summed E-state index contributed by atoms with van der Waals surface area (Å²) in [4.78, 5) is 18.9. The lowest BCUT2D eigenvalue weighted by atomic mass is 10.0. The molecule has 1 fully saturated rings. The second kappa shape index (κ2) is 7.40. The van der Waals surface area contributed by atoms with E-state index >= 15 is 0 Å². The number of benzene rings is 1. The van der Waals surface area contributed by atoms with Crippen LogP contribution in [0.15, 0.2) is 28.7 Å². The quantitative estimate of drug-likeness (QED) is 0.852. The van der Waals surface area contributed by atoms with E-state index in [-0.39, 0.29) is 18.4 Å². The van der Waals surface area contributed by atoms with Gasteiger partial charge in [-0.2, -0.15) is 0 Å². The Hall–Kier alpha value is -2.14. The first-order valence-electron chi connectivity index (χ1n) is 8.90. The van der Waals surface area contributed by atoms with Crippen molar-refractivity contribution in [3.63, 3.8) is 0 Å². The highest BCUT2D eigenvalue weighted by Gasteiger charge is 2.23. The van der Waals surface area contributed by atoms with Crippen LogP contribution in [0.2, 0.25) is 0 Å². The number of oxazole rings is 1. The number of rotatable bonds is 4. The second-order valence-corrected chi connectivity index (χ2v) is 7.00. The lowest BCUT2D eigenvalue weighted by molar-refractivity contribution is -0.137. The maximum atomic E-state index is 12.5. The van der Waals surface area contributed by atoms with Crippen LogP contribution in [0.4, 0.5) is 0 Å². The highest BCUT2D eigenvalue weighted by atomic mass is 16.5. The summed E-state index contributed by atoms with van der Waals surface area (Å²) >= 11 is 0. The number of morpholine rings is 1. The van der Waals surface area contributed by atoms with Gasteiger partial charge in [-0.25, -0.2) is 4.98 Å². The van der Waals surface area contributed by atoms with Gasteiger partial charge in [0.2, 0.25) is 11.8 Å². The number of hydrogen-bond donors (Lipinski definition) is 0. The molecule has 0 saturated carbocycles. The predicted molar refractivity (Wildman–Crippen MR) is 96.5 cm³/mol. The molecule has 1 unspecified atom stereocenters. The van der Waals surface area contributed by atoms with Gasteiger partial charge in [0.15, 0.2) is 0 Å². The van der Waals surface area contributed by atoms with E-state index in [2.05, 4.69) is 31.0 Å². The summed E-state index contributed by atoms with van der Waals surface area (Å²) in [6.07, 6.45) is 0.359. The second-order valence-electron chi connectivity index (χ2n) is 7.00. The number of carbonyl (C=O) groups excluding carboxylic acids is 1. The van der Waals surface area contributed by atoms with E-state index in [1.165, 1.54) is 5.56 Å². The van der Waals surface area contributed by atoms with Gasteiger partial charge in [0.05, 0.1) is 24.8 Å². The fourth-order valence-electron chi connectivity index (χ4n) is 3.03. The molecule has 0 N–H and O–H groups in total. The average molecular weight is 342 g/mol. The molecule has 5 heteroatoms. The maximum Gasteiger partial charge on any atom is 0.228 e. The van der Waals surface area contributed by atoms with Crippen LogP contribution in [-0.4, -0.2) is 41.6 Å². The molecular weight excluding hydrogens is 316 g/mol. The standard InChI is InChI=1S/C20H26N2O3/c1-13(2)16-5-7-17(8-6-16)20-21-18(15(4)25-20)11-19(23)22-9-10-24-14(3)12-22/h5-8,13-14H,9-12H2,1-4H3. The van der Waals surface area contributed by atoms with E-state index in [1.807, 2.05) is 30.9 Å². The minimum absolute atomic E-state index is 0.0771. The van der Waals surface area contributed by atoms with E-state index in [1.54, 1.807) is 0 Å². The third kappa shape index (κ3) is 4.10. The van der Waals surface area contributed by atoms with Crippen LogP contribution >= 0.6 is 0 Å². The van der Waals surface area contributed by atoms with E-state index in [0.717, 1.165) is 5.56 Å². The Morgan fingerprint density at radius 2 is 2.04 bits per heavy atom. The molecule has 2 heterocycles. The topological polar surface area (TPSA) is 55.6 Å². The van der Waals surface area contributed by atoms with E-state index in [4.69, 9.17) is 9.15 Å². The number of ether oxygens (including phenoxy) is 1. The SMILES string of the molecule is Cc1oc(-c2ccc(C(C)C)cc2)nc1CC(=O)N1CCOC(C)C1. The molecule has 0 radical (unpaired) electrons. The number of aromatic nitrogens is 1. The highest BCUT2D eigenvalue weighted by Crippen LogP contribution is 2.24. The summed E-state index contributed by atoms with van der Waals surface area (Å²) in [6, 6.07) is 8.24. The van der Waals surface area contributed by atoms with Crippen molar-refractivity contribution in [1.82, 2.24) is 9.88 Å². The normalized spacial score (nSPS) is 18.0. The first kappa shape index (κ1) is 17.7. The molecule has 2 aromatic rings. The van der Waals surface area contributed by atoms with Crippen molar-refractivity contribution < 1.29 is 13.9 Å². The van der Waals surface area contributed by atoms with Crippen molar-refractivity contribution in [3.8, 4) is 11.5 Å². The molecule has 1 atom stereocenters. The summed E-state index contributed by atoms with van der Waals surface area (Å²) in [6.45, 7) is 10.1. The molecule has 134 valence electrons. The molecular formula is C20H26N2O3. The molecule has 25 heavy (non-hydrogen) atoms. The summed E-state index contributed by atoms with van der Waals surface area (Å²) in [5.41, 5.74) is 2.93. The largest absolute Gasteiger partial charge is 0.441 e. The molecule has 0 spiro atoms. The van der Waals surface area contributed by atoms with Crippen LogP contribution in [0, 0.1) is 6.92 Å². The minimum atomic E-state index is 0.0771. The Morgan fingerprint density at radius 1 is 1.32 bits per heavy atom. The molecule has 1 aliphatic rings. The smallest absolute Gasteiger partial charge is 0.228 e. The first-order chi connectivity index (χ1) is 11.9. The molecule has 0 aliphatic carbocycles. The van der Waals surface area contributed by atoms with Crippen LogP contribution < -0.4 is 0 Å². The Balaban J connectivity index is 1.72. The molecule has 5 nitrogen and oxygen atoms in total. The molecule has 1 saturated heterocycles. The molecule has 1 aromatic heterocycles. The molecule has 1 amide bonds. The van der Waals surface area contributed by atoms with Crippen molar-refractivity contribution in [2.24, 2.45) is 0 Å². The van der Waals surface area contributed by atoms with Gasteiger partial charge < -0.3 is 14.1 Å². The fourth-order valence-corrected chi connectivity index (χ4v) is 3.03. The third-order valence-corrected chi connectivity index (χ3v) is 4.63. The Bertz CT molecular complexity index is 734. The minimum Gasteiger partial charge on any atom is -0.441 e. The zero-order valence-corrected chi connectivity index (χ0v) is 15.4. The summed E-state index contributed by atoms with van der Waals surface area (Å²) < 4.78 is 11.3. The number of aryl methyl sites for hydroxylation is 1. The predicted octanol–water partition coefficient (Wildman–Crippen LogP) is 3.56. The number of carbonyl (C=O) groups is 1. The lowest BCUT2D eigenvalue weighted by Crippen LogP contribution is -2.45. The van der Waals surface area contributed by atoms with Crippen LogP contribution in [-0.2, 0) is 16.0 Å². The van der Waals surface area contributed by atoms with Crippen molar-refractivity contribution in [2.75, 3.05) is 19.7 Å². The van der Waals surface area contributed by atoms with Crippen LogP contribution in [0.25, 0.3) is 11.5 Å². The van der Waals surface area contributed by atoms with Crippen LogP contribution in [0.1, 0.15) is 43.7 Å². The number of hydrogen-bond acceptors (Lipinski definition) is 4. The Morgan fingerprint density at radius 3 is 2.68 bits per heavy atom. The third-order valence-electron chi connectivity index (χ3n) is 4.63. The van der Waals surface area contributed by atoms with Crippen LogP contribution in [0.3, 0.4) is 0 Å². The molecule has 1 aliphatic heterocycles. The lowest BCUT2D eigenvalue weighted by Gasteiger charge is -2.31. The van der Waals surface area contributed by atoms with Crippen molar-refractivity contribution in [2.45, 2.75) is 46.1 Å². The van der Waals surface area contributed by atoms with E-state index in [0.29, 0.717) is 43.0 Å². The van der Waals surface area contributed by atoms with Crippen molar-refractivity contribution >= 4 is 5.91 Å². The van der Waals surface area contributed by atoms with Gasteiger partial charge in [0, 0.05) is 18.7 Å². The molecule has 0 bridgehead atoms. The van der Waals surface area contributed by atoms with Gasteiger partial charge in [-0.05, 0) is 37.5 Å². The van der Waals surface area contributed by atoms with Gasteiger partial charge in [-0.1, -0.05) is 26.0 Å². The molecule has 3 rings (SSSR count). The zero-order valence-electron chi connectivity index (χ0n) is 15.4. The number of amides is 1. The van der Waals surface area contributed by atoms with Crippen molar-refractivity contribution in [3.05, 3.63) is 41.3 Å². The van der Waals surface area contributed by atoms with E-state index < -0.39 is 0 Å². The summed E-state index contributed by atoms with van der Waals surface area (Å²) in [7, 11) is 0. The first-order valence-corrected chi connectivity index (χ1v) is 8.90. The van der Waals surface area contributed by atoms with Gasteiger partial charge in [-0.3, -0.25) is 4.79 Å². The monoisotopic (exact) mass is 342 g/mol. The van der Waals surface area contributed by atoms with Gasteiger partial charge in [0.25, 0.3) is 0 Å². The van der Waals surface area contributed by atoms with E-state index in [9.17, 15) is 4.79 Å².